The van der Waals surface area contributed by atoms with Crippen molar-refractivity contribution in [1.29, 1.82) is 0 Å². The van der Waals surface area contributed by atoms with Crippen LogP contribution in [0.4, 0.5) is 5.82 Å². The number of anilines is 1. The van der Waals surface area contributed by atoms with Gasteiger partial charge in [-0.2, -0.15) is 0 Å². The van der Waals surface area contributed by atoms with Crippen molar-refractivity contribution >= 4 is 28.2 Å². The van der Waals surface area contributed by atoms with E-state index >= 15 is 0 Å². The summed E-state index contributed by atoms with van der Waals surface area (Å²) < 4.78 is 0. The number of H-pyrrole nitrogens is 1. The van der Waals surface area contributed by atoms with Crippen molar-refractivity contribution in [2.75, 3.05) is 32.1 Å². The van der Waals surface area contributed by atoms with Crippen molar-refractivity contribution in [2.45, 2.75) is 18.9 Å². The zero-order valence-corrected chi connectivity index (χ0v) is 16.3. The van der Waals surface area contributed by atoms with E-state index in [0.29, 0.717) is 16.5 Å². The smallest absolute Gasteiger partial charge is 0.256 e. The van der Waals surface area contributed by atoms with Gasteiger partial charge < -0.3 is 14.8 Å². The molecule has 27 heavy (non-hydrogen) atoms. The van der Waals surface area contributed by atoms with E-state index < -0.39 is 0 Å². The number of aromatic amines is 1. The van der Waals surface area contributed by atoms with Crippen molar-refractivity contribution in [3.8, 4) is 11.3 Å². The van der Waals surface area contributed by atoms with Crippen LogP contribution >= 0.6 is 11.6 Å². The molecule has 0 aliphatic carbocycles. The molecule has 1 fully saturated rings. The van der Waals surface area contributed by atoms with Gasteiger partial charge in [-0.15, -0.1) is 0 Å². The van der Waals surface area contributed by atoms with Crippen LogP contribution in [0.25, 0.3) is 22.0 Å². The van der Waals surface area contributed by atoms with E-state index in [4.69, 9.17) is 11.6 Å². The second kappa shape index (κ2) is 7.33. The number of nitrogens with zero attached hydrogens (tertiary/aromatic N) is 3. The van der Waals surface area contributed by atoms with E-state index in [2.05, 4.69) is 33.9 Å². The number of piperidine rings is 1. The van der Waals surface area contributed by atoms with E-state index in [0.717, 1.165) is 48.4 Å². The van der Waals surface area contributed by atoms with Crippen LogP contribution in [0.2, 0.25) is 5.02 Å². The fourth-order valence-corrected chi connectivity index (χ4v) is 3.98. The fraction of sp³-hybridized carbons (Fsp3) is 0.333. The SMILES string of the molecule is CN(C)C1CCN(c2ccc(-c3cc4c(Cl)cccc4c(=O)[nH]3)cn2)CC1. The average Bonchev–Trinajstić information content (AvgIpc) is 2.69. The molecule has 1 saturated heterocycles. The Balaban J connectivity index is 1.59. The monoisotopic (exact) mass is 382 g/mol. The molecular formula is C21H23ClN4O. The Morgan fingerprint density at radius 3 is 2.59 bits per heavy atom. The molecule has 140 valence electrons. The largest absolute Gasteiger partial charge is 0.357 e. The third-order valence-electron chi connectivity index (χ3n) is 5.41. The summed E-state index contributed by atoms with van der Waals surface area (Å²) >= 11 is 6.27. The van der Waals surface area contributed by atoms with Gasteiger partial charge in [0.2, 0.25) is 0 Å². The van der Waals surface area contributed by atoms with Gasteiger partial charge in [0.25, 0.3) is 5.56 Å². The van der Waals surface area contributed by atoms with Crippen LogP contribution in [-0.4, -0.2) is 48.1 Å². The zero-order chi connectivity index (χ0) is 19.0. The normalized spacial score (nSPS) is 15.6. The Morgan fingerprint density at radius 1 is 1.15 bits per heavy atom. The number of rotatable bonds is 3. The number of halogens is 1. The predicted octanol–water partition coefficient (Wildman–Crippen LogP) is 3.77. The number of aromatic nitrogens is 2. The van der Waals surface area contributed by atoms with Crippen LogP contribution in [0.3, 0.4) is 0 Å². The summed E-state index contributed by atoms with van der Waals surface area (Å²) in [7, 11) is 4.29. The third kappa shape index (κ3) is 3.57. The van der Waals surface area contributed by atoms with Gasteiger partial charge >= 0.3 is 0 Å². The van der Waals surface area contributed by atoms with Gasteiger partial charge in [0, 0.05) is 46.7 Å². The van der Waals surface area contributed by atoms with E-state index in [1.165, 1.54) is 0 Å². The van der Waals surface area contributed by atoms with E-state index in [1.54, 1.807) is 18.2 Å². The minimum Gasteiger partial charge on any atom is -0.357 e. The first-order valence-corrected chi connectivity index (χ1v) is 9.60. The molecule has 1 aliphatic rings. The lowest BCUT2D eigenvalue weighted by Crippen LogP contribution is -2.42. The van der Waals surface area contributed by atoms with E-state index in [9.17, 15) is 4.79 Å². The number of benzene rings is 1. The molecule has 0 spiro atoms. The molecular weight excluding hydrogens is 360 g/mol. The molecule has 4 rings (SSSR count). The number of hydrogen-bond donors (Lipinski definition) is 1. The second-order valence-corrected chi connectivity index (χ2v) is 7.71. The highest BCUT2D eigenvalue weighted by Crippen LogP contribution is 2.26. The van der Waals surface area contributed by atoms with Gasteiger partial charge in [-0.05, 0) is 57.3 Å². The molecule has 1 N–H and O–H groups in total. The maximum atomic E-state index is 12.4. The van der Waals surface area contributed by atoms with E-state index in [1.807, 2.05) is 24.4 Å². The summed E-state index contributed by atoms with van der Waals surface area (Å²) in [5, 5.41) is 1.93. The lowest BCUT2D eigenvalue weighted by Gasteiger charge is -2.35. The number of nitrogens with one attached hydrogen (secondary N) is 1. The third-order valence-corrected chi connectivity index (χ3v) is 5.74. The van der Waals surface area contributed by atoms with Crippen molar-refractivity contribution in [3.63, 3.8) is 0 Å². The van der Waals surface area contributed by atoms with Gasteiger partial charge in [-0.3, -0.25) is 4.79 Å². The first kappa shape index (κ1) is 18.0. The Morgan fingerprint density at radius 2 is 1.93 bits per heavy atom. The van der Waals surface area contributed by atoms with Crippen LogP contribution in [-0.2, 0) is 0 Å². The predicted molar refractivity (Wildman–Crippen MR) is 112 cm³/mol. The van der Waals surface area contributed by atoms with Crippen LogP contribution < -0.4 is 10.5 Å². The molecule has 0 amide bonds. The highest BCUT2D eigenvalue weighted by Gasteiger charge is 2.21. The van der Waals surface area contributed by atoms with Crippen LogP contribution in [0.1, 0.15) is 12.8 Å². The minimum atomic E-state index is -0.139. The quantitative estimate of drug-likeness (QED) is 0.749. The van der Waals surface area contributed by atoms with Crippen molar-refractivity contribution in [3.05, 3.63) is 58.0 Å². The summed E-state index contributed by atoms with van der Waals surface area (Å²) in [6, 6.07) is 12.0. The molecule has 0 unspecified atom stereocenters. The Kier molecular flexibility index (Phi) is 4.89. The highest BCUT2D eigenvalue weighted by molar-refractivity contribution is 6.35. The molecule has 0 saturated carbocycles. The molecule has 3 aromatic rings. The summed E-state index contributed by atoms with van der Waals surface area (Å²) in [6.07, 6.45) is 4.11. The second-order valence-electron chi connectivity index (χ2n) is 7.30. The van der Waals surface area contributed by atoms with E-state index in [-0.39, 0.29) is 5.56 Å². The van der Waals surface area contributed by atoms with Crippen molar-refractivity contribution in [2.24, 2.45) is 0 Å². The first-order chi connectivity index (χ1) is 13.0. The maximum Gasteiger partial charge on any atom is 0.256 e. The molecule has 1 aliphatic heterocycles. The maximum absolute atomic E-state index is 12.4. The molecule has 5 nitrogen and oxygen atoms in total. The zero-order valence-electron chi connectivity index (χ0n) is 15.6. The molecule has 3 heterocycles. The summed E-state index contributed by atoms with van der Waals surface area (Å²) in [5.74, 6) is 0.983. The summed E-state index contributed by atoms with van der Waals surface area (Å²) in [4.78, 5) is 24.6. The van der Waals surface area contributed by atoms with Crippen molar-refractivity contribution in [1.82, 2.24) is 14.9 Å². The fourth-order valence-electron chi connectivity index (χ4n) is 3.75. The summed E-state index contributed by atoms with van der Waals surface area (Å²) in [5.41, 5.74) is 1.46. The molecule has 0 bridgehead atoms. The lowest BCUT2D eigenvalue weighted by atomic mass is 10.0. The van der Waals surface area contributed by atoms with Gasteiger partial charge in [-0.25, -0.2) is 4.98 Å². The van der Waals surface area contributed by atoms with Gasteiger partial charge in [0.15, 0.2) is 0 Å². The van der Waals surface area contributed by atoms with Gasteiger partial charge in [0.05, 0.1) is 5.69 Å². The molecule has 2 aromatic heterocycles. The van der Waals surface area contributed by atoms with Crippen LogP contribution in [0.5, 0.6) is 0 Å². The topological polar surface area (TPSA) is 52.2 Å². The standard InChI is InChI=1S/C21H23ClN4O/c1-25(2)15-8-10-26(11-9-15)20-7-6-14(13-23-20)19-12-17-16(21(27)24-19)4-3-5-18(17)22/h3-7,12-13,15H,8-11H2,1-2H3,(H,24,27). The highest BCUT2D eigenvalue weighted by atomic mass is 35.5. The number of fused-ring (bicyclic) bond motifs is 1. The molecule has 6 heteroatoms. The Bertz CT molecular complexity index is 1000. The average molecular weight is 383 g/mol. The first-order valence-electron chi connectivity index (χ1n) is 9.22. The van der Waals surface area contributed by atoms with Crippen molar-refractivity contribution < 1.29 is 0 Å². The lowest BCUT2D eigenvalue weighted by molar-refractivity contribution is 0.249. The molecule has 0 atom stereocenters. The Labute approximate surface area is 163 Å². The molecule has 0 radical (unpaired) electrons. The van der Waals surface area contributed by atoms with Gasteiger partial charge in [0.1, 0.15) is 5.82 Å². The van der Waals surface area contributed by atoms with Gasteiger partial charge in [-0.1, -0.05) is 17.7 Å². The molecule has 1 aromatic carbocycles. The van der Waals surface area contributed by atoms with Crippen LogP contribution in [0, 0.1) is 0 Å². The Hall–Kier alpha value is -2.37. The number of hydrogen-bond acceptors (Lipinski definition) is 4. The minimum absolute atomic E-state index is 0.139. The number of pyridine rings is 2. The van der Waals surface area contributed by atoms with Crippen LogP contribution in [0.15, 0.2) is 47.4 Å². The summed E-state index contributed by atoms with van der Waals surface area (Å²) in [6.45, 7) is 2.02.